The molecular formula is C12H16O2. The molecule has 0 radical (unpaired) electrons. The summed E-state index contributed by atoms with van der Waals surface area (Å²) in [6.45, 7) is 3.94. The van der Waals surface area contributed by atoms with Crippen molar-refractivity contribution in [2.75, 3.05) is 6.61 Å². The second-order valence-corrected chi connectivity index (χ2v) is 3.54. The highest BCUT2D eigenvalue weighted by Crippen LogP contribution is 2.19. The van der Waals surface area contributed by atoms with E-state index in [1.54, 1.807) is 6.07 Å². The number of aromatic hydroxyl groups is 1. The van der Waals surface area contributed by atoms with E-state index in [1.165, 1.54) is 0 Å². The third-order valence-corrected chi connectivity index (χ3v) is 2.15. The molecule has 1 aromatic carbocycles. The van der Waals surface area contributed by atoms with Gasteiger partial charge >= 0.3 is 0 Å². The fraction of sp³-hybridized carbons (Fsp3) is 0.333. The Balaban J connectivity index is 2.81. The quantitative estimate of drug-likeness (QED) is 0.721. The molecule has 1 aromatic rings. The number of rotatable bonds is 3. The van der Waals surface area contributed by atoms with E-state index < -0.39 is 0 Å². The van der Waals surface area contributed by atoms with E-state index >= 15 is 0 Å². The normalized spacial score (nSPS) is 11.8. The third-order valence-electron chi connectivity index (χ3n) is 2.15. The molecule has 0 aromatic heterocycles. The first kappa shape index (κ1) is 10.8. The maximum absolute atomic E-state index is 9.53. The molecule has 0 bridgehead atoms. The Kier molecular flexibility index (Phi) is 3.72. The van der Waals surface area contributed by atoms with Crippen LogP contribution in [0, 0.1) is 6.92 Å². The van der Waals surface area contributed by atoms with Crippen LogP contribution in [0.1, 0.15) is 18.1 Å². The lowest BCUT2D eigenvalue weighted by Gasteiger charge is -2.03. The van der Waals surface area contributed by atoms with Crippen LogP contribution in [-0.2, 0) is 6.42 Å². The molecule has 2 nitrogen and oxygen atoms in total. The van der Waals surface area contributed by atoms with Gasteiger partial charge in [0, 0.05) is 0 Å². The van der Waals surface area contributed by atoms with E-state index in [1.807, 2.05) is 32.1 Å². The minimum atomic E-state index is 0.0760. The zero-order valence-corrected chi connectivity index (χ0v) is 8.62. The van der Waals surface area contributed by atoms with Crippen molar-refractivity contribution in [2.45, 2.75) is 20.3 Å². The van der Waals surface area contributed by atoms with Crippen LogP contribution in [-0.4, -0.2) is 16.8 Å². The van der Waals surface area contributed by atoms with E-state index in [9.17, 15) is 5.11 Å². The lowest BCUT2D eigenvalue weighted by atomic mass is 10.1. The summed E-state index contributed by atoms with van der Waals surface area (Å²) in [6, 6.07) is 5.53. The molecule has 1 rings (SSSR count). The van der Waals surface area contributed by atoms with Crippen molar-refractivity contribution >= 4 is 0 Å². The molecule has 0 saturated carbocycles. The van der Waals surface area contributed by atoms with Crippen molar-refractivity contribution in [3.05, 3.63) is 41.0 Å². The number of aliphatic hydroxyl groups is 1. The zero-order valence-electron chi connectivity index (χ0n) is 8.62. The van der Waals surface area contributed by atoms with Gasteiger partial charge in [0.15, 0.2) is 0 Å². The van der Waals surface area contributed by atoms with Gasteiger partial charge in [0.2, 0.25) is 0 Å². The van der Waals surface area contributed by atoms with E-state index in [0.717, 1.165) is 16.7 Å². The molecule has 0 aliphatic carbocycles. The highest BCUT2D eigenvalue weighted by molar-refractivity contribution is 5.37. The first-order chi connectivity index (χ1) is 6.63. The first-order valence-corrected chi connectivity index (χ1v) is 4.68. The Hall–Kier alpha value is -1.28. The lowest BCUT2D eigenvalue weighted by molar-refractivity contribution is 0.331. The summed E-state index contributed by atoms with van der Waals surface area (Å²) in [7, 11) is 0. The van der Waals surface area contributed by atoms with Crippen molar-refractivity contribution < 1.29 is 10.2 Å². The molecule has 2 heteroatoms. The first-order valence-electron chi connectivity index (χ1n) is 4.68. The summed E-state index contributed by atoms with van der Waals surface area (Å²) >= 11 is 0. The minimum absolute atomic E-state index is 0.0760. The second-order valence-electron chi connectivity index (χ2n) is 3.54. The second kappa shape index (κ2) is 4.82. The van der Waals surface area contributed by atoms with E-state index in [-0.39, 0.29) is 6.61 Å². The molecule has 2 N–H and O–H groups in total. The molecule has 76 valence electrons. The molecule has 0 fully saturated rings. The summed E-state index contributed by atoms with van der Waals surface area (Å²) in [5.74, 6) is 0.317. The minimum Gasteiger partial charge on any atom is -0.508 e. The largest absolute Gasteiger partial charge is 0.508 e. The number of allylic oxidation sites excluding steroid dienone is 1. The molecule has 0 atom stereocenters. The molecule has 0 heterocycles. The standard InChI is InChI=1S/C12H16O2/c1-9-4-6-12(14)11(7-9)5-3-10(2)8-13/h3-4,6-7,13-14H,5,8H2,1-2H3/b10-3+. The van der Waals surface area contributed by atoms with Crippen molar-refractivity contribution in [1.29, 1.82) is 0 Å². The van der Waals surface area contributed by atoms with Gasteiger partial charge in [0.05, 0.1) is 6.61 Å². The molecule has 0 saturated heterocycles. The molecule has 0 aliphatic heterocycles. The van der Waals surface area contributed by atoms with Crippen LogP contribution in [0.4, 0.5) is 0 Å². The van der Waals surface area contributed by atoms with Gasteiger partial charge < -0.3 is 10.2 Å². The monoisotopic (exact) mass is 192 g/mol. The van der Waals surface area contributed by atoms with Crippen LogP contribution in [0.25, 0.3) is 0 Å². The number of phenols is 1. The van der Waals surface area contributed by atoms with Crippen LogP contribution in [0.3, 0.4) is 0 Å². The smallest absolute Gasteiger partial charge is 0.119 e. The predicted octanol–water partition coefficient (Wildman–Crippen LogP) is 2.18. The molecule has 14 heavy (non-hydrogen) atoms. The van der Waals surface area contributed by atoms with Gasteiger partial charge in [-0.15, -0.1) is 0 Å². The van der Waals surface area contributed by atoms with Crippen molar-refractivity contribution in [2.24, 2.45) is 0 Å². The number of benzene rings is 1. The van der Waals surface area contributed by atoms with E-state index in [4.69, 9.17) is 5.11 Å². The molecule has 0 aliphatic rings. The Morgan fingerprint density at radius 3 is 2.79 bits per heavy atom. The van der Waals surface area contributed by atoms with Crippen LogP contribution >= 0.6 is 0 Å². The number of aliphatic hydroxyl groups excluding tert-OH is 1. The Morgan fingerprint density at radius 1 is 1.43 bits per heavy atom. The maximum atomic E-state index is 9.53. The van der Waals surface area contributed by atoms with Gasteiger partial charge in [0.1, 0.15) is 5.75 Å². The Bertz CT molecular complexity index is 340. The van der Waals surface area contributed by atoms with Gasteiger partial charge in [-0.05, 0) is 31.9 Å². The van der Waals surface area contributed by atoms with Crippen LogP contribution in [0.2, 0.25) is 0 Å². The lowest BCUT2D eigenvalue weighted by Crippen LogP contribution is -1.88. The van der Waals surface area contributed by atoms with E-state index in [0.29, 0.717) is 12.2 Å². The third kappa shape index (κ3) is 2.89. The Labute approximate surface area is 84.5 Å². The van der Waals surface area contributed by atoms with Gasteiger partial charge in [-0.2, -0.15) is 0 Å². The number of hydrogen-bond acceptors (Lipinski definition) is 2. The maximum Gasteiger partial charge on any atom is 0.119 e. The van der Waals surface area contributed by atoms with Crippen LogP contribution < -0.4 is 0 Å². The Morgan fingerprint density at radius 2 is 2.14 bits per heavy atom. The highest BCUT2D eigenvalue weighted by Gasteiger charge is 1.99. The van der Waals surface area contributed by atoms with Gasteiger partial charge in [-0.25, -0.2) is 0 Å². The number of aryl methyl sites for hydroxylation is 1. The fourth-order valence-corrected chi connectivity index (χ4v) is 1.23. The van der Waals surface area contributed by atoms with Crippen molar-refractivity contribution in [1.82, 2.24) is 0 Å². The predicted molar refractivity (Wildman–Crippen MR) is 57.4 cm³/mol. The molecule has 0 unspecified atom stereocenters. The molecule has 0 spiro atoms. The summed E-state index contributed by atoms with van der Waals surface area (Å²) < 4.78 is 0. The number of hydrogen-bond donors (Lipinski definition) is 2. The molecule has 0 amide bonds. The van der Waals surface area contributed by atoms with Crippen LogP contribution in [0.5, 0.6) is 5.75 Å². The summed E-state index contributed by atoms with van der Waals surface area (Å²) in [6.07, 6.45) is 2.59. The number of phenolic OH excluding ortho intramolecular Hbond substituents is 1. The zero-order chi connectivity index (χ0) is 10.6. The van der Waals surface area contributed by atoms with Crippen molar-refractivity contribution in [3.63, 3.8) is 0 Å². The average Bonchev–Trinajstić information content (AvgIpc) is 2.19. The summed E-state index contributed by atoms with van der Waals surface area (Å²) in [5.41, 5.74) is 2.96. The van der Waals surface area contributed by atoms with Gasteiger partial charge in [-0.3, -0.25) is 0 Å². The fourth-order valence-electron chi connectivity index (χ4n) is 1.23. The SMILES string of the molecule is C/C(=C\Cc1cc(C)ccc1O)CO. The highest BCUT2D eigenvalue weighted by atomic mass is 16.3. The summed E-state index contributed by atoms with van der Waals surface area (Å²) in [4.78, 5) is 0. The molecular weight excluding hydrogens is 176 g/mol. The van der Waals surface area contributed by atoms with E-state index in [2.05, 4.69) is 0 Å². The van der Waals surface area contributed by atoms with Crippen molar-refractivity contribution in [3.8, 4) is 5.75 Å². The summed E-state index contributed by atoms with van der Waals surface area (Å²) in [5, 5.41) is 18.3. The topological polar surface area (TPSA) is 40.5 Å². The van der Waals surface area contributed by atoms with Gasteiger partial charge in [-0.1, -0.05) is 29.3 Å². The van der Waals surface area contributed by atoms with Gasteiger partial charge in [0.25, 0.3) is 0 Å². The average molecular weight is 192 g/mol. The van der Waals surface area contributed by atoms with Crippen LogP contribution in [0.15, 0.2) is 29.8 Å².